The number of nitrogens with zero attached hydrogens (tertiary/aromatic N) is 5. The van der Waals surface area contributed by atoms with Crippen LogP contribution in [-0.2, 0) is 6.42 Å². The molecule has 0 spiro atoms. The van der Waals surface area contributed by atoms with Gasteiger partial charge in [-0.05, 0) is 22.6 Å². The SMILES string of the molecule is c1coc(CCNc2cncc3nnnn23)c1. The van der Waals surface area contributed by atoms with E-state index in [0.29, 0.717) is 5.65 Å². The van der Waals surface area contributed by atoms with Gasteiger partial charge in [0.15, 0.2) is 5.65 Å². The summed E-state index contributed by atoms with van der Waals surface area (Å²) in [6.07, 6.45) is 5.76. The van der Waals surface area contributed by atoms with E-state index in [9.17, 15) is 0 Å². The molecule has 3 aromatic heterocycles. The molecule has 0 atom stereocenters. The van der Waals surface area contributed by atoms with Crippen molar-refractivity contribution in [2.75, 3.05) is 11.9 Å². The Bertz CT molecular complexity index is 602. The van der Waals surface area contributed by atoms with Crippen LogP contribution in [0.2, 0.25) is 0 Å². The maximum atomic E-state index is 5.24. The van der Waals surface area contributed by atoms with E-state index in [-0.39, 0.29) is 0 Å². The number of fused-ring (bicyclic) bond motifs is 1. The second kappa shape index (κ2) is 4.20. The molecule has 0 aliphatic carbocycles. The standard InChI is InChI=1S/C10H10N6O/c1-2-8(17-5-1)3-4-12-9-6-11-7-10-13-14-15-16(9)10/h1-2,5-7,12H,3-4H2. The monoisotopic (exact) mass is 230 g/mol. The second-order valence-electron chi connectivity index (χ2n) is 3.50. The quantitative estimate of drug-likeness (QED) is 0.712. The van der Waals surface area contributed by atoms with E-state index >= 15 is 0 Å². The van der Waals surface area contributed by atoms with Gasteiger partial charge < -0.3 is 9.73 Å². The van der Waals surface area contributed by atoms with E-state index in [0.717, 1.165) is 24.5 Å². The summed E-state index contributed by atoms with van der Waals surface area (Å²) in [6.45, 7) is 0.730. The van der Waals surface area contributed by atoms with Gasteiger partial charge in [-0.25, -0.2) is 0 Å². The Morgan fingerprint density at radius 2 is 2.35 bits per heavy atom. The summed E-state index contributed by atoms with van der Waals surface area (Å²) in [5.41, 5.74) is 0.619. The third kappa shape index (κ3) is 1.94. The van der Waals surface area contributed by atoms with Crippen LogP contribution in [-0.4, -0.2) is 31.6 Å². The van der Waals surface area contributed by atoms with Gasteiger partial charge in [-0.1, -0.05) is 0 Å². The normalized spacial score (nSPS) is 10.8. The smallest absolute Gasteiger partial charge is 0.199 e. The van der Waals surface area contributed by atoms with Crippen LogP contribution in [0.1, 0.15) is 5.76 Å². The molecule has 1 N–H and O–H groups in total. The first-order chi connectivity index (χ1) is 8.43. The molecule has 0 saturated carbocycles. The van der Waals surface area contributed by atoms with E-state index in [1.807, 2.05) is 12.1 Å². The molecule has 3 aromatic rings. The minimum Gasteiger partial charge on any atom is -0.469 e. The molecule has 86 valence electrons. The maximum absolute atomic E-state index is 5.24. The summed E-state index contributed by atoms with van der Waals surface area (Å²) in [7, 11) is 0. The Kier molecular flexibility index (Phi) is 2.41. The lowest BCUT2D eigenvalue weighted by Crippen LogP contribution is -2.09. The lowest BCUT2D eigenvalue weighted by molar-refractivity contribution is 0.512. The highest BCUT2D eigenvalue weighted by atomic mass is 16.3. The second-order valence-corrected chi connectivity index (χ2v) is 3.50. The van der Waals surface area contributed by atoms with Crippen molar-refractivity contribution in [3.63, 3.8) is 0 Å². The van der Waals surface area contributed by atoms with Gasteiger partial charge in [-0.15, -0.1) is 5.10 Å². The fraction of sp³-hybridized carbons (Fsp3) is 0.200. The highest BCUT2D eigenvalue weighted by Crippen LogP contribution is 2.06. The number of rotatable bonds is 4. The summed E-state index contributed by atoms with van der Waals surface area (Å²) >= 11 is 0. The van der Waals surface area contributed by atoms with E-state index in [4.69, 9.17) is 4.42 Å². The average molecular weight is 230 g/mol. The Morgan fingerprint density at radius 1 is 1.35 bits per heavy atom. The Labute approximate surface area is 96.5 Å². The van der Waals surface area contributed by atoms with Gasteiger partial charge in [0.1, 0.15) is 11.6 Å². The van der Waals surface area contributed by atoms with E-state index in [2.05, 4.69) is 25.8 Å². The van der Waals surface area contributed by atoms with Gasteiger partial charge in [0.25, 0.3) is 0 Å². The van der Waals surface area contributed by atoms with Crippen LogP contribution >= 0.6 is 0 Å². The third-order valence-electron chi connectivity index (χ3n) is 2.37. The topological polar surface area (TPSA) is 81.1 Å². The van der Waals surface area contributed by atoms with Gasteiger partial charge in [0.05, 0.1) is 18.7 Å². The number of tetrazole rings is 1. The zero-order valence-corrected chi connectivity index (χ0v) is 8.95. The van der Waals surface area contributed by atoms with E-state index < -0.39 is 0 Å². The van der Waals surface area contributed by atoms with Gasteiger partial charge in [0.2, 0.25) is 0 Å². The zero-order valence-electron chi connectivity index (χ0n) is 8.95. The molecule has 3 heterocycles. The predicted molar refractivity (Wildman–Crippen MR) is 59.5 cm³/mol. The molecule has 7 heteroatoms. The first kappa shape index (κ1) is 9.76. The van der Waals surface area contributed by atoms with Crippen molar-refractivity contribution in [1.82, 2.24) is 25.0 Å². The molecule has 17 heavy (non-hydrogen) atoms. The summed E-state index contributed by atoms with van der Waals surface area (Å²) in [5.74, 6) is 1.70. The minimum atomic E-state index is 0.619. The van der Waals surface area contributed by atoms with Crippen molar-refractivity contribution >= 4 is 11.5 Å². The highest BCUT2D eigenvalue weighted by Gasteiger charge is 2.03. The van der Waals surface area contributed by atoms with Gasteiger partial charge >= 0.3 is 0 Å². The molecule has 7 nitrogen and oxygen atoms in total. The molecule has 0 aliphatic rings. The van der Waals surface area contributed by atoms with Crippen molar-refractivity contribution in [2.45, 2.75) is 6.42 Å². The van der Waals surface area contributed by atoms with Crippen LogP contribution in [0.4, 0.5) is 5.82 Å². The van der Waals surface area contributed by atoms with Crippen LogP contribution in [0.3, 0.4) is 0 Å². The molecule has 0 aromatic carbocycles. The number of anilines is 1. The zero-order chi connectivity index (χ0) is 11.5. The molecule has 0 fully saturated rings. The number of hydrogen-bond acceptors (Lipinski definition) is 6. The van der Waals surface area contributed by atoms with Crippen molar-refractivity contribution in [1.29, 1.82) is 0 Å². The van der Waals surface area contributed by atoms with Crippen molar-refractivity contribution < 1.29 is 4.42 Å². The Balaban J connectivity index is 1.70. The molecule has 0 radical (unpaired) electrons. The lowest BCUT2D eigenvalue weighted by atomic mass is 10.3. The average Bonchev–Trinajstić information content (AvgIpc) is 2.99. The number of furan rings is 1. The number of hydrogen-bond donors (Lipinski definition) is 1. The van der Waals surface area contributed by atoms with Crippen LogP contribution in [0.15, 0.2) is 35.2 Å². The van der Waals surface area contributed by atoms with Gasteiger partial charge in [-0.3, -0.25) is 4.98 Å². The van der Waals surface area contributed by atoms with Crippen molar-refractivity contribution in [2.24, 2.45) is 0 Å². The van der Waals surface area contributed by atoms with Gasteiger partial charge in [-0.2, -0.15) is 4.52 Å². The van der Waals surface area contributed by atoms with E-state index in [1.54, 1.807) is 23.2 Å². The number of nitrogens with one attached hydrogen (secondary N) is 1. The molecule has 0 unspecified atom stereocenters. The fourth-order valence-electron chi connectivity index (χ4n) is 1.56. The Hall–Kier alpha value is -2.44. The lowest BCUT2D eigenvalue weighted by Gasteiger charge is -2.05. The van der Waals surface area contributed by atoms with Crippen molar-refractivity contribution in [3.05, 3.63) is 36.5 Å². The summed E-state index contributed by atoms with van der Waals surface area (Å²) < 4.78 is 6.85. The fourth-order valence-corrected chi connectivity index (χ4v) is 1.56. The molecule has 0 amide bonds. The van der Waals surface area contributed by atoms with Gasteiger partial charge in [0, 0.05) is 13.0 Å². The minimum absolute atomic E-state index is 0.619. The molecule has 3 rings (SSSR count). The predicted octanol–water partition coefficient (Wildman–Crippen LogP) is 0.767. The van der Waals surface area contributed by atoms with Crippen LogP contribution < -0.4 is 5.32 Å². The molecular weight excluding hydrogens is 220 g/mol. The first-order valence-electron chi connectivity index (χ1n) is 5.22. The maximum Gasteiger partial charge on any atom is 0.199 e. The third-order valence-corrected chi connectivity index (χ3v) is 2.37. The van der Waals surface area contributed by atoms with Crippen LogP contribution in [0.25, 0.3) is 5.65 Å². The summed E-state index contributed by atoms with van der Waals surface area (Å²) in [4.78, 5) is 4.05. The van der Waals surface area contributed by atoms with Crippen LogP contribution in [0.5, 0.6) is 0 Å². The highest BCUT2D eigenvalue weighted by molar-refractivity contribution is 5.43. The first-order valence-corrected chi connectivity index (χ1v) is 5.22. The molecular formula is C10H10N6O. The Morgan fingerprint density at radius 3 is 3.24 bits per heavy atom. The molecule has 0 aliphatic heterocycles. The largest absolute Gasteiger partial charge is 0.469 e. The summed E-state index contributed by atoms with van der Waals surface area (Å²) in [6, 6.07) is 3.82. The van der Waals surface area contributed by atoms with Crippen molar-refractivity contribution in [3.8, 4) is 0 Å². The molecule has 0 bridgehead atoms. The summed E-state index contributed by atoms with van der Waals surface area (Å²) in [5, 5.41) is 14.5. The van der Waals surface area contributed by atoms with Crippen LogP contribution in [0, 0.1) is 0 Å². The molecule has 0 saturated heterocycles. The number of aromatic nitrogens is 5. The van der Waals surface area contributed by atoms with E-state index in [1.165, 1.54) is 0 Å².